The standard InChI is InChI=1S/C22H24FN3O5S/c1-13-5-6-16(9-17(13)23)24-22(28)15-4-3-7-26(11-15)32(29,30)20-10-19-18(8-14(20)2)25-21(27)12-31-19/h5-6,8-10,15H,3-4,7,11-12H2,1-2H3,(H,24,28)(H,25,27). The van der Waals surface area contributed by atoms with Crippen LogP contribution < -0.4 is 15.4 Å². The number of piperidine rings is 1. The quantitative estimate of drug-likeness (QED) is 0.729. The molecule has 2 aromatic rings. The number of carbonyl (C=O) groups is 2. The molecule has 0 radical (unpaired) electrons. The second-order valence-electron chi connectivity index (χ2n) is 8.11. The summed E-state index contributed by atoms with van der Waals surface area (Å²) in [5.74, 6) is -1.33. The van der Waals surface area contributed by atoms with Crippen molar-refractivity contribution in [1.29, 1.82) is 0 Å². The molecule has 2 aromatic carbocycles. The molecule has 170 valence electrons. The first-order chi connectivity index (χ1) is 15.1. The molecule has 1 saturated heterocycles. The van der Waals surface area contributed by atoms with E-state index in [2.05, 4.69) is 10.6 Å². The van der Waals surface area contributed by atoms with E-state index < -0.39 is 21.8 Å². The zero-order valence-corrected chi connectivity index (χ0v) is 18.6. The van der Waals surface area contributed by atoms with Crippen molar-refractivity contribution >= 4 is 33.2 Å². The van der Waals surface area contributed by atoms with Crippen molar-refractivity contribution in [1.82, 2.24) is 4.31 Å². The second-order valence-corrected chi connectivity index (χ2v) is 10.0. The van der Waals surface area contributed by atoms with Crippen LogP contribution in [-0.2, 0) is 19.6 Å². The van der Waals surface area contributed by atoms with Crippen LogP contribution in [0, 0.1) is 25.6 Å². The van der Waals surface area contributed by atoms with Crippen LogP contribution in [0.25, 0.3) is 0 Å². The fraction of sp³-hybridized carbons (Fsp3) is 0.364. The van der Waals surface area contributed by atoms with Crippen LogP contribution in [0.1, 0.15) is 24.0 Å². The lowest BCUT2D eigenvalue weighted by Crippen LogP contribution is -2.43. The van der Waals surface area contributed by atoms with Gasteiger partial charge in [0.1, 0.15) is 11.6 Å². The van der Waals surface area contributed by atoms with Crippen LogP contribution in [0.5, 0.6) is 5.75 Å². The van der Waals surface area contributed by atoms with Crippen molar-refractivity contribution in [2.45, 2.75) is 31.6 Å². The molecule has 10 heteroatoms. The fourth-order valence-corrected chi connectivity index (χ4v) is 5.67. The fourth-order valence-electron chi connectivity index (χ4n) is 3.92. The molecule has 0 spiro atoms. The van der Waals surface area contributed by atoms with Crippen LogP contribution >= 0.6 is 0 Å². The molecule has 2 aliphatic heterocycles. The van der Waals surface area contributed by atoms with E-state index in [0.29, 0.717) is 47.6 Å². The first kappa shape index (κ1) is 22.2. The van der Waals surface area contributed by atoms with Gasteiger partial charge in [-0.25, -0.2) is 12.8 Å². The van der Waals surface area contributed by atoms with Crippen molar-refractivity contribution in [3.63, 3.8) is 0 Å². The maximum absolute atomic E-state index is 13.8. The largest absolute Gasteiger partial charge is 0.482 e. The first-order valence-corrected chi connectivity index (χ1v) is 11.7. The summed E-state index contributed by atoms with van der Waals surface area (Å²) >= 11 is 0. The molecule has 0 saturated carbocycles. The number of amides is 2. The summed E-state index contributed by atoms with van der Waals surface area (Å²) in [4.78, 5) is 24.3. The highest BCUT2D eigenvalue weighted by molar-refractivity contribution is 7.89. The highest BCUT2D eigenvalue weighted by Crippen LogP contribution is 2.35. The molecule has 2 aliphatic rings. The molecule has 2 heterocycles. The van der Waals surface area contributed by atoms with E-state index in [0.717, 1.165) is 0 Å². The van der Waals surface area contributed by atoms with Crippen molar-refractivity contribution in [2.75, 3.05) is 30.3 Å². The summed E-state index contributed by atoms with van der Waals surface area (Å²) < 4.78 is 47.2. The highest BCUT2D eigenvalue weighted by Gasteiger charge is 2.35. The molecule has 2 N–H and O–H groups in total. The summed E-state index contributed by atoms with van der Waals surface area (Å²) in [6.07, 6.45) is 1.06. The third-order valence-electron chi connectivity index (χ3n) is 5.72. The minimum absolute atomic E-state index is 0.0244. The van der Waals surface area contributed by atoms with Crippen LogP contribution in [0.2, 0.25) is 0 Å². The predicted octanol–water partition coefficient (Wildman–Crippen LogP) is 2.81. The average Bonchev–Trinajstić information content (AvgIpc) is 2.75. The number of nitrogens with zero attached hydrogens (tertiary/aromatic N) is 1. The van der Waals surface area contributed by atoms with Crippen LogP contribution in [-0.4, -0.2) is 44.2 Å². The van der Waals surface area contributed by atoms with E-state index in [1.807, 2.05) is 0 Å². The van der Waals surface area contributed by atoms with Gasteiger partial charge in [0.2, 0.25) is 15.9 Å². The van der Waals surface area contributed by atoms with Gasteiger partial charge in [-0.15, -0.1) is 0 Å². The van der Waals surface area contributed by atoms with Gasteiger partial charge in [-0.3, -0.25) is 9.59 Å². The zero-order valence-electron chi connectivity index (χ0n) is 17.8. The van der Waals surface area contributed by atoms with Gasteiger partial charge in [0.15, 0.2) is 6.61 Å². The summed E-state index contributed by atoms with van der Waals surface area (Å²) in [5.41, 5.74) is 1.71. The predicted molar refractivity (Wildman–Crippen MR) is 117 cm³/mol. The zero-order chi connectivity index (χ0) is 23.0. The Morgan fingerprint density at radius 2 is 2.00 bits per heavy atom. The molecule has 8 nitrogen and oxygen atoms in total. The number of fused-ring (bicyclic) bond motifs is 1. The third kappa shape index (κ3) is 4.33. The number of nitrogens with one attached hydrogen (secondary N) is 2. The third-order valence-corrected chi connectivity index (χ3v) is 7.73. The number of benzene rings is 2. The Morgan fingerprint density at radius 1 is 1.22 bits per heavy atom. The van der Waals surface area contributed by atoms with E-state index in [-0.39, 0.29) is 29.9 Å². The number of rotatable bonds is 4. The Bertz CT molecular complexity index is 1200. The molecular weight excluding hydrogens is 437 g/mol. The summed E-state index contributed by atoms with van der Waals surface area (Å²) in [6.45, 7) is 3.41. The molecule has 1 atom stereocenters. The Balaban J connectivity index is 1.53. The minimum Gasteiger partial charge on any atom is -0.482 e. The number of carbonyl (C=O) groups excluding carboxylic acids is 2. The Morgan fingerprint density at radius 3 is 2.75 bits per heavy atom. The SMILES string of the molecule is Cc1ccc(NC(=O)C2CCCN(S(=O)(=O)c3cc4c(cc3C)NC(=O)CO4)C2)cc1F. The Labute approximate surface area is 185 Å². The monoisotopic (exact) mass is 461 g/mol. The van der Waals surface area contributed by atoms with E-state index >= 15 is 0 Å². The lowest BCUT2D eigenvalue weighted by atomic mass is 9.98. The smallest absolute Gasteiger partial charge is 0.262 e. The van der Waals surface area contributed by atoms with Gasteiger partial charge < -0.3 is 15.4 Å². The van der Waals surface area contributed by atoms with Crippen molar-refractivity contribution in [3.8, 4) is 5.75 Å². The van der Waals surface area contributed by atoms with Gasteiger partial charge in [0.05, 0.1) is 16.5 Å². The topological polar surface area (TPSA) is 105 Å². The van der Waals surface area contributed by atoms with Gasteiger partial charge in [-0.1, -0.05) is 6.07 Å². The van der Waals surface area contributed by atoms with Crippen LogP contribution in [0.15, 0.2) is 35.2 Å². The van der Waals surface area contributed by atoms with E-state index in [1.54, 1.807) is 32.0 Å². The Kier molecular flexibility index (Phi) is 5.91. The number of sulfonamides is 1. The number of hydrogen-bond acceptors (Lipinski definition) is 5. The van der Waals surface area contributed by atoms with Crippen LogP contribution in [0.4, 0.5) is 15.8 Å². The molecule has 0 bridgehead atoms. The van der Waals surface area contributed by atoms with Gasteiger partial charge in [0, 0.05) is 24.8 Å². The minimum atomic E-state index is -3.89. The second kappa shape index (κ2) is 8.51. The normalized spacial score (nSPS) is 19.0. The number of anilines is 2. The lowest BCUT2D eigenvalue weighted by molar-refractivity contribution is -0.121. The van der Waals surface area contributed by atoms with Gasteiger partial charge >= 0.3 is 0 Å². The highest BCUT2D eigenvalue weighted by atomic mass is 32.2. The molecule has 4 rings (SSSR count). The average molecular weight is 462 g/mol. The van der Waals surface area contributed by atoms with Crippen molar-refractivity contribution in [2.24, 2.45) is 5.92 Å². The molecule has 2 amide bonds. The summed E-state index contributed by atoms with van der Waals surface area (Å²) in [6, 6.07) is 7.42. The van der Waals surface area contributed by atoms with Gasteiger partial charge in [0.25, 0.3) is 5.91 Å². The molecule has 32 heavy (non-hydrogen) atoms. The maximum atomic E-state index is 13.8. The molecule has 1 unspecified atom stereocenters. The first-order valence-electron chi connectivity index (χ1n) is 10.3. The maximum Gasteiger partial charge on any atom is 0.262 e. The summed E-state index contributed by atoms with van der Waals surface area (Å²) in [5, 5.41) is 5.35. The number of hydrogen-bond donors (Lipinski definition) is 2. The molecular formula is C22H24FN3O5S. The van der Waals surface area contributed by atoms with Crippen LogP contribution in [0.3, 0.4) is 0 Å². The number of halogens is 1. The summed E-state index contributed by atoms with van der Waals surface area (Å²) in [7, 11) is -3.89. The van der Waals surface area contributed by atoms with Crippen molar-refractivity contribution < 1.29 is 27.1 Å². The van der Waals surface area contributed by atoms with E-state index in [4.69, 9.17) is 4.74 Å². The Hall–Kier alpha value is -2.98. The number of ether oxygens (including phenoxy) is 1. The lowest BCUT2D eigenvalue weighted by Gasteiger charge is -2.32. The van der Waals surface area contributed by atoms with Gasteiger partial charge in [-0.05, 0) is 56.0 Å². The van der Waals surface area contributed by atoms with E-state index in [9.17, 15) is 22.4 Å². The molecule has 1 fully saturated rings. The molecule has 0 aliphatic carbocycles. The van der Waals surface area contributed by atoms with E-state index in [1.165, 1.54) is 16.4 Å². The van der Waals surface area contributed by atoms with Gasteiger partial charge in [-0.2, -0.15) is 4.31 Å². The van der Waals surface area contributed by atoms with Crippen molar-refractivity contribution in [3.05, 3.63) is 47.3 Å². The number of aryl methyl sites for hydroxylation is 2. The molecule has 0 aromatic heterocycles.